The topological polar surface area (TPSA) is 56.2 Å². The molecule has 2 atom stereocenters. The number of rotatable bonds is 3. The van der Waals surface area contributed by atoms with E-state index in [9.17, 15) is 9.50 Å². The molecule has 1 aromatic rings. The summed E-state index contributed by atoms with van der Waals surface area (Å²) in [5.41, 5.74) is 0.726. The molecular formula is C15H21FN2O3. The Hall–Kier alpha value is -1.21. The van der Waals surface area contributed by atoms with Gasteiger partial charge in [0.1, 0.15) is 24.3 Å². The van der Waals surface area contributed by atoms with Crippen LogP contribution in [-0.4, -0.2) is 72.1 Å². The van der Waals surface area contributed by atoms with Gasteiger partial charge in [0.05, 0.1) is 12.6 Å². The summed E-state index contributed by atoms with van der Waals surface area (Å²) in [6, 6.07) is 4.25. The number of hydrogen-bond acceptors (Lipinski definition) is 5. The van der Waals surface area contributed by atoms with Crippen LogP contribution in [0.3, 0.4) is 0 Å². The monoisotopic (exact) mass is 296 g/mol. The molecule has 0 saturated carbocycles. The van der Waals surface area contributed by atoms with Gasteiger partial charge in [-0.15, -0.1) is 0 Å². The average Bonchev–Trinajstić information content (AvgIpc) is 2.48. The maximum Gasteiger partial charge on any atom is 0.124 e. The zero-order valence-electron chi connectivity index (χ0n) is 11.9. The molecule has 2 unspecified atom stereocenters. The maximum absolute atomic E-state index is 13.5. The highest BCUT2D eigenvalue weighted by molar-refractivity contribution is 5.39. The van der Waals surface area contributed by atoms with Crippen LogP contribution in [0.5, 0.6) is 5.75 Å². The van der Waals surface area contributed by atoms with Crippen molar-refractivity contribution in [1.29, 1.82) is 0 Å². The second kappa shape index (κ2) is 6.27. The molecule has 2 N–H and O–H groups in total. The number of nitrogens with zero attached hydrogens (tertiary/aromatic N) is 2. The van der Waals surface area contributed by atoms with E-state index in [1.165, 1.54) is 12.1 Å². The molecular weight excluding hydrogens is 275 g/mol. The SMILES string of the molecule is OCCN1CCN(C2c3cc(F)ccc3OCC2O)CC1. The predicted molar refractivity (Wildman–Crippen MR) is 75.7 cm³/mol. The van der Waals surface area contributed by atoms with Crippen molar-refractivity contribution in [3.8, 4) is 5.75 Å². The van der Waals surface area contributed by atoms with Crippen LogP contribution in [0, 0.1) is 5.82 Å². The molecule has 5 nitrogen and oxygen atoms in total. The van der Waals surface area contributed by atoms with E-state index in [4.69, 9.17) is 9.84 Å². The summed E-state index contributed by atoms with van der Waals surface area (Å²) in [7, 11) is 0. The van der Waals surface area contributed by atoms with Crippen LogP contribution in [0.1, 0.15) is 11.6 Å². The molecule has 1 fully saturated rings. The van der Waals surface area contributed by atoms with Gasteiger partial charge in [0.25, 0.3) is 0 Å². The molecule has 0 spiro atoms. The van der Waals surface area contributed by atoms with Gasteiger partial charge in [0.15, 0.2) is 0 Å². The van der Waals surface area contributed by atoms with Crippen molar-refractivity contribution in [3.63, 3.8) is 0 Å². The van der Waals surface area contributed by atoms with Crippen LogP contribution >= 0.6 is 0 Å². The van der Waals surface area contributed by atoms with Gasteiger partial charge in [0.2, 0.25) is 0 Å². The minimum absolute atomic E-state index is 0.161. The largest absolute Gasteiger partial charge is 0.490 e. The summed E-state index contributed by atoms with van der Waals surface area (Å²) >= 11 is 0. The summed E-state index contributed by atoms with van der Waals surface area (Å²) in [5.74, 6) is 0.347. The lowest BCUT2D eigenvalue weighted by molar-refractivity contribution is -0.0195. The molecule has 2 heterocycles. The highest BCUT2D eigenvalue weighted by Gasteiger charge is 2.35. The summed E-state index contributed by atoms with van der Waals surface area (Å²) in [6.07, 6.45) is -0.649. The van der Waals surface area contributed by atoms with E-state index in [0.717, 1.165) is 31.7 Å². The molecule has 1 aromatic carbocycles. The molecule has 2 aliphatic rings. The summed E-state index contributed by atoms with van der Waals surface area (Å²) in [6.45, 7) is 4.34. The van der Waals surface area contributed by atoms with Crippen LogP contribution < -0.4 is 4.74 Å². The van der Waals surface area contributed by atoms with E-state index >= 15 is 0 Å². The van der Waals surface area contributed by atoms with E-state index in [2.05, 4.69) is 9.80 Å². The Balaban J connectivity index is 1.78. The first kappa shape index (κ1) is 14.7. The lowest BCUT2D eigenvalue weighted by Gasteiger charge is -2.43. The number of fused-ring (bicyclic) bond motifs is 1. The molecule has 0 bridgehead atoms. The standard InChI is InChI=1S/C15H21FN2O3/c16-11-1-2-14-12(9-11)15(13(20)10-21-14)18-5-3-17(4-6-18)7-8-19/h1-2,9,13,15,19-20H,3-8,10H2. The highest BCUT2D eigenvalue weighted by Crippen LogP contribution is 2.37. The zero-order chi connectivity index (χ0) is 14.8. The van der Waals surface area contributed by atoms with Gasteiger partial charge in [0, 0.05) is 38.3 Å². The smallest absolute Gasteiger partial charge is 0.124 e. The first-order chi connectivity index (χ1) is 10.2. The number of piperazine rings is 1. The van der Waals surface area contributed by atoms with Gasteiger partial charge in [-0.2, -0.15) is 0 Å². The summed E-state index contributed by atoms with van der Waals surface area (Å²) in [5, 5.41) is 19.3. The van der Waals surface area contributed by atoms with Crippen molar-refractivity contribution < 1.29 is 19.3 Å². The molecule has 2 aliphatic heterocycles. The Labute approximate surface area is 123 Å². The molecule has 0 radical (unpaired) electrons. The minimum Gasteiger partial charge on any atom is -0.490 e. The Bertz CT molecular complexity index is 492. The third-order valence-electron chi connectivity index (χ3n) is 4.28. The van der Waals surface area contributed by atoms with Crippen molar-refractivity contribution in [1.82, 2.24) is 9.80 Å². The fourth-order valence-corrected chi connectivity index (χ4v) is 3.20. The Kier molecular flexibility index (Phi) is 4.40. The molecule has 21 heavy (non-hydrogen) atoms. The fraction of sp³-hybridized carbons (Fsp3) is 0.600. The summed E-state index contributed by atoms with van der Waals surface area (Å²) in [4.78, 5) is 4.37. The lowest BCUT2D eigenvalue weighted by Crippen LogP contribution is -2.52. The summed E-state index contributed by atoms with van der Waals surface area (Å²) < 4.78 is 19.0. The van der Waals surface area contributed by atoms with Crippen LogP contribution in [0.15, 0.2) is 18.2 Å². The zero-order valence-corrected chi connectivity index (χ0v) is 11.9. The van der Waals surface area contributed by atoms with E-state index < -0.39 is 6.10 Å². The van der Waals surface area contributed by atoms with Crippen molar-refractivity contribution in [2.75, 3.05) is 45.9 Å². The van der Waals surface area contributed by atoms with E-state index in [0.29, 0.717) is 12.3 Å². The van der Waals surface area contributed by atoms with Gasteiger partial charge in [-0.05, 0) is 18.2 Å². The van der Waals surface area contributed by atoms with E-state index in [-0.39, 0.29) is 25.1 Å². The predicted octanol–water partition coefficient (Wildman–Crippen LogP) is 0.230. The Morgan fingerprint density at radius 1 is 1.24 bits per heavy atom. The number of ether oxygens (including phenoxy) is 1. The maximum atomic E-state index is 13.5. The van der Waals surface area contributed by atoms with Crippen molar-refractivity contribution in [2.45, 2.75) is 12.1 Å². The minimum atomic E-state index is -0.649. The van der Waals surface area contributed by atoms with Gasteiger partial charge < -0.3 is 14.9 Å². The normalized spacial score (nSPS) is 27.2. The molecule has 0 amide bonds. The van der Waals surface area contributed by atoms with Gasteiger partial charge in [-0.25, -0.2) is 4.39 Å². The van der Waals surface area contributed by atoms with Crippen molar-refractivity contribution in [2.24, 2.45) is 0 Å². The number of halogens is 1. The van der Waals surface area contributed by atoms with E-state index in [1.807, 2.05) is 0 Å². The van der Waals surface area contributed by atoms with Gasteiger partial charge in [-0.1, -0.05) is 0 Å². The first-order valence-electron chi connectivity index (χ1n) is 7.36. The number of hydrogen-bond donors (Lipinski definition) is 2. The molecule has 1 saturated heterocycles. The average molecular weight is 296 g/mol. The Morgan fingerprint density at radius 3 is 2.71 bits per heavy atom. The van der Waals surface area contributed by atoms with Crippen molar-refractivity contribution in [3.05, 3.63) is 29.6 Å². The molecule has 3 rings (SSSR count). The van der Waals surface area contributed by atoms with Crippen LogP contribution in [0.25, 0.3) is 0 Å². The van der Waals surface area contributed by atoms with Crippen molar-refractivity contribution >= 4 is 0 Å². The molecule has 6 heteroatoms. The second-order valence-electron chi connectivity index (χ2n) is 5.61. The Morgan fingerprint density at radius 2 is 2.00 bits per heavy atom. The van der Waals surface area contributed by atoms with Gasteiger partial charge in [-0.3, -0.25) is 9.80 Å². The molecule has 0 aliphatic carbocycles. The number of aliphatic hydroxyl groups is 2. The van der Waals surface area contributed by atoms with Crippen LogP contribution in [0.4, 0.5) is 4.39 Å². The third kappa shape index (κ3) is 3.03. The first-order valence-corrected chi connectivity index (χ1v) is 7.36. The fourth-order valence-electron chi connectivity index (χ4n) is 3.20. The number of benzene rings is 1. The lowest BCUT2D eigenvalue weighted by atomic mass is 9.95. The molecule has 0 aromatic heterocycles. The third-order valence-corrected chi connectivity index (χ3v) is 4.28. The van der Waals surface area contributed by atoms with E-state index in [1.54, 1.807) is 6.07 Å². The van der Waals surface area contributed by atoms with Gasteiger partial charge >= 0.3 is 0 Å². The quantitative estimate of drug-likeness (QED) is 0.836. The number of β-amino-alcohol motifs (C(OH)–C–C–N with tert-alkyl or cyclic N) is 1. The van der Waals surface area contributed by atoms with Crippen LogP contribution in [-0.2, 0) is 0 Å². The number of aliphatic hydroxyl groups excluding tert-OH is 2. The second-order valence-corrected chi connectivity index (χ2v) is 5.61. The highest BCUT2D eigenvalue weighted by atomic mass is 19.1. The van der Waals surface area contributed by atoms with Crippen LogP contribution in [0.2, 0.25) is 0 Å². The molecule has 116 valence electrons.